The minimum atomic E-state index is -1.30. The Morgan fingerprint density at radius 2 is 1.68 bits per heavy atom. The molecule has 110 valence electrons. The van der Waals surface area contributed by atoms with Crippen LogP contribution in [0.2, 0.25) is 0 Å². The zero-order valence-corrected chi connectivity index (χ0v) is 11.7. The van der Waals surface area contributed by atoms with Gasteiger partial charge in [-0.05, 0) is 29.3 Å². The summed E-state index contributed by atoms with van der Waals surface area (Å²) in [4.78, 5) is 10.6. The number of carboxylic acid groups (broad SMARTS) is 1. The van der Waals surface area contributed by atoms with Gasteiger partial charge in [0.2, 0.25) is 0 Å². The first-order valence-electron chi connectivity index (χ1n) is 6.75. The van der Waals surface area contributed by atoms with Crippen molar-refractivity contribution in [3.8, 4) is 16.9 Å². The van der Waals surface area contributed by atoms with Crippen LogP contribution >= 0.6 is 0 Å². The van der Waals surface area contributed by atoms with Crippen LogP contribution in [0.3, 0.4) is 0 Å². The second-order valence-corrected chi connectivity index (χ2v) is 4.69. The summed E-state index contributed by atoms with van der Waals surface area (Å²) in [5, 5.41) is 14.5. The summed E-state index contributed by atoms with van der Waals surface area (Å²) in [6.45, 7) is 0.137. The normalized spacial score (nSPS) is 10.4. The van der Waals surface area contributed by atoms with Gasteiger partial charge in [0.25, 0.3) is 0 Å². The summed E-state index contributed by atoms with van der Waals surface area (Å²) >= 11 is 0. The Labute approximate surface area is 127 Å². The van der Waals surface area contributed by atoms with Crippen molar-refractivity contribution in [2.75, 3.05) is 0 Å². The number of aromatic nitrogens is 2. The van der Waals surface area contributed by atoms with Crippen molar-refractivity contribution in [2.24, 2.45) is 0 Å². The first-order valence-corrected chi connectivity index (χ1v) is 6.75. The minimum Gasteiger partial charge on any atom is -0.543 e. The van der Waals surface area contributed by atoms with Gasteiger partial charge in [-0.2, -0.15) is 5.10 Å². The highest BCUT2D eigenvalue weighted by Crippen LogP contribution is 2.22. The van der Waals surface area contributed by atoms with Crippen molar-refractivity contribution in [3.63, 3.8) is 0 Å². The van der Waals surface area contributed by atoms with Gasteiger partial charge in [-0.1, -0.05) is 42.5 Å². The topological polar surface area (TPSA) is 67.2 Å². The van der Waals surface area contributed by atoms with E-state index in [2.05, 4.69) is 5.10 Å². The van der Waals surface area contributed by atoms with Crippen LogP contribution in [0.1, 0.15) is 10.5 Å². The van der Waals surface area contributed by atoms with Crippen molar-refractivity contribution in [1.29, 1.82) is 0 Å². The standard InChI is InChI=1S/C17H14N2O3/c20-17(21)16-10-11-19(18-16)12-22-15-8-6-14(7-9-15)13-4-2-1-3-5-13/h1-11H,12H2,(H,20,21)/p-1. The number of carbonyl (C=O) groups excluding carboxylic acids is 1. The molecule has 0 amide bonds. The number of aromatic carboxylic acids is 1. The average Bonchev–Trinajstić information content (AvgIpc) is 3.04. The maximum atomic E-state index is 10.6. The number of hydrogen-bond donors (Lipinski definition) is 0. The van der Waals surface area contributed by atoms with E-state index in [0.29, 0.717) is 5.75 Å². The molecule has 0 fully saturated rings. The molecule has 5 nitrogen and oxygen atoms in total. The Balaban J connectivity index is 1.65. The first-order chi connectivity index (χ1) is 10.7. The van der Waals surface area contributed by atoms with Crippen LogP contribution in [0.4, 0.5) is 0 Å². The van der Waals surface area contributed by atoms with Gasteiger partial charge in [-0.15, -0.1) is 0 Å². The molecule has 1 heterocycles. The summed E-state index contributed by atoms with van der Waals surface area (Å²) < 4.78 is 6.96. The fourth-order valence-electron chi connectivity index (χ4n) is 2.06. The molecule has 0 saturated carbocycles. The van der Waals surface area contributed by atoms with Gasteiger partial charge in [0.15, 0.2) is 6.73 Å². The highest BCUT2D eigenvalue weighted by atomic mass is 16.5. The molecule has 0 unspecified atom stereocenters. The molecular formula is C17H13N2O3-. The predicted molar refractivity (Wildman–Crippen MR) is 79.1 cm³/mol. The molecule has 0 aliphatic rings. The summed E-state index contributed by atoms with van der Waals surface area (Å²) in [6.07, 6.45) is 1.53. The lowest BCUT2D eigenvalue weighted by Gasteiger charge is -2.07. The van der Waals surface area contributed by atoms with E-state index in [1.807, 2.05) is 54.6 Å². The molecule has 0 spiro atoms. The lowest BCUT2D eigenvalue weighted by Crippen LogP contribution is -2.23. The summed E-state index contributed by atoms with van der Waals surface area (Å²) in [5.41, 5.74) is 2.13. The highest BCUT2D eigenvalue weighted by molar-refractivity contribution is 5.83. The number of carboxylic acids is 1. The third-order valence-corrected chi connectivity index (χ3v) is 3.17. The zero-order chi connectivity index (χ0) is 15.4. The van der Waals surface area contributed by atoms with E-state index in [4.69, 9.17) is 4.74 Å². The Hall–Kier alpha value is -3.08. The van der Waals surface area contributed by atoms with Crippen molar-refractivity contribution in [3.05, 3.63) is 72.6 Å². The molecule has 0 bridgehead atoms. The Morgan fingerprint density at radius 1 is 1.00 bits per heavy atom. The quantitative estimate of drug-likeness (QED) is 0.721. The molecule has 0 aliphatic carbocycles. The van der Waals surface area contributed by atoms with Crippen LogP contribution < -0.4 is 9.84 Å². The van der Waals surface area contributed by atoms with E-state index in [1.54, 1.807) is 0 Å². The van der Waals surface area contributed by atoms with Gasteiger partial charge in [-0.3, -0.25) is 0 Å². The molecule has 22 heavy (non-hydrogen) atoms. The smallest absolute Gasteiger partial charge is 0.180 e. The number of benzene rings is 2. The fourth-order valence-corrected chi connectivity index (χ4v) is 2.06. The Kier molecular flexibility index (Phi) is 3.87. The molecule has 3 aromatic rings. The van der Waals surface area contributed by atoms with E-state index in [1.165, 1.54) is 16.9 Å². The summed E-state index contributed by atoms with van der Waals surface area (Å²) in [5.74, 6) is -0.615. The van der Waals surface area contributed by atoms with Gasteiger partial charge in [0.1, 0.15) is 11.4 Å². The molecular weight excluding hydrogens is 280 g/mol. The molecule has 2 aromatic carbocycles. The van der Waals surface area contributed by atoms with Gasteiger partial charge in [0.05, 0.1) is 5.97 Å². The van der Waals surface area contributed by atoms with E-state index >= 15 is 0 Å². The second-order valence-electron chi connectivity index (χ2n) is 4.69. The molecule has 0 atom stereocenters. The summed E-state index contributed by atoms with van der Waals surface area (Å²) in [7, 11) is 0. The van der Waals surface area contributed by atoms with E-state index < -0.39 is 5.97 Å². The van der Waals surface area contributed by atoms with Crippen LogP contribution in [0.15, 0.2) is 66.9 Å². The van der Waals surface area contributed by atoms with Crippen molar-refractivity contribution < 1.29 is 14.6 Å². The van der Waals surface area contributed by atoms with E-state index in [-0.39, 0.29) is 12.4 Å². The maximum Gasteiger partial charge on any atom is 0.180 e. The third kappa shape index (κ3) is 3.15. The van der Waals surface area contributed by atoms with Gasteiger partial charge >= 0.3 is 0 Å². The number of hydrogen-bond acceptors (Lipinski definition) is 4. The van der Waals surface area contributed by atoms with Crippen LogP contribution in [0.25, 0.3) is 11.1 Å². The lowest BCUT2D eigenvalue weighted by molar-refractivity contribution is -0.255. The van der Waals surface area contributed by atoms with Crippen molar-refractivity contribution in [1.82, 2.24) is 9.78 Å². The van der Waals surface area contributed by atoms with Gasteiger partial charge in [0, 0.05) is 6.20 Å². The third-order valence-electron chi connectivity index (χ3n) is 3.17. The zero-order valence-electron chi connectivity index (χ0n) is 11.7. The van der Waals surface area contributed by atoms with Gasteiger partial charge in [-0.25, -0.2) is 4.68 Å². The monoisotopic (exact) mass is 293 g/mol. The molecule has 0 saturated heterocycles. The molecule has 0 radical (unpaired) electrons. The number of rotatable bonds is 5. The molecule has 5 heteroatoms. The fraction of sp³-hybridized carbons (Fsp3) is 0.0588. The minimum absolute atomic E-state index is 0.108. The molecule has 0 aliphatic heterocycles. The maximum absolute atomic E-state index is 10.6. The van der Waals surface area contributed by atoms with Crippen LogP contribution in [0.5, 0.6) is 5.75 Å². The van der Waals surface area contributed by atoms with Gasteiger partial charge < -0.3 is 14.6 Å². The highest BCUT2D eigenvalue weighted by Gasteiger charge is 2.01. The lowest BCUT2D eigenvalue weighted by atomic mass is 10.1. The second kappa shape index (κ2) is 6.13. The van der Waals surface area contributed by atoms with Crippen LogP contribution in [0, 0.1) is 0 Å². The van der Waals surface area contributed by atoms with E-state index in [0.717, 1.165) is 11.1 Å². The van der Waals surface area contributed by atoms with Crippen LogP contribution in [-0.2, 0) is 6.73 Å². The SMILES string of the molecule is O=C([O-])c1ccn(COc2ccc(-c3ccccc3)cc2)n1. The predicted octanol–water partition coefficient (Wildman–Crippen LogP) is 1.95. The molecule has 3 rings (SSSR count). The summed E-state index contributed by atoms with van der Waals surface area (Å²) in [6, 6.07) is 19.1. The number of nitrogens with zero attached hydrogens (tertiary/aromatic N) is 2. The van der Waals surface area contributed by atoms with Crippen LogP contribution in [-0.4, -0.2) is 15.7 Å². The number of carbonyl (C=O) groups is 1. The molecule has 1 aromatic heterocycles. The Bertz CT molecular complexity index is 764. The molecule has 0 N–H and O–H groups in total. The number of ether oxygens (including phenoxy) is 1. The van der Waals surface area contributed by atoms with Crippen molar-refractivity contribution >= 4 is 5.97 Å². The van der Waals surface area contributed by atoms with E-state index in [9.17, 15) is 9.90 Å². The van der Waals surface area contributed by atoms with Crippen molar-refractivity contribution in [2.45, 2.75) is 6.73 Å². The first kappa shape index (κ1) is 13.9. The average molecular weight is 293 g/mol. The Morgan fingerprint density at radius 3 is 2.32 bits per heavy atom. The largest absolute Gasteiger partial charge is 0.543 e.